The van der Waals surface area contributed by atoms with Crippen LogP contribution in [0.15, 0.2) is 41.3 Å². The average Bonchev–Trinajstić information content (AvgIpc) is 3.38. The van der Waals surface area contributed by atoms with Crippen molar-refractivity contribution >= 4 is 45.1 Å². The van der Waals surface area contributed by atoms with E-state index in [4.69, 9.17) is 28.3 Å². The molecular formula is C25H29Cl2N3O5S. The van der Waals surface area contributed by atoms with E-state index in [2.05, 4.69) is 9.62 Å². The molecule has 2 aromatic rings. The number of rotatable bonds is 8. The maximum absolute atomic E-state index is 13.5. The van der Waals surface area contributed by atoms with Gasteiger partial charge in [-0.15, -0.1) is 0 Å². The molecule has 4 rings (SSSR count). The number of nitrogens with zero attached hydrogens (tertiary/aromatic N) is 2. The summed E-state index contributed by atoms with van der Waals surface area (Å²) in [6.07, 6.45) is 3.93. The monoisotopic (exact) mass is 553 g/mol. The van der Waals surface area contributed by atoms with Crippen LogP contribution in [0, 0.1) is 0 Å². The lowest BCUT2D eigenvalue weighted by molar-refractivity contribution is -0.135. The number of carbonyl (C=O) groups is 2. The molecule has 1 heterocycles. The van der Waals surface area contributed by atoms with Crippen molar-refractivity contribution in [1.29, 1.82) is 0 Å². The van der Waals surface area contributed by atoms with E-state index in [1.807, 2.05) is 0 Å². The maximum Gasteiger partial charge on any atom is 0.318 e. The number of sulfonamides is 1. The molecule has 2 aromatic carbocycles. The molecule has 2 N–H and O–H groups in total. The summed E-state index contributed by atoms with van der Waals surface area (Å²) in [5.74, 6) is -1.39. The van der Waals surface area contributed by atoms with E-state index in [9.17, 15) is 18.0 Å². The van der Waals surface area contributed by atoms with Crippen molar-refractivity contribution in [2.75, 3.05) is 26.7 Å². The number of likely N-dealkylation sites (N-methyl/N-ethyl adjacent to an activating group) is 1. The van der Waals surface area contributed by atoms with Gasteiger partial charge in [-0.05, 0) is 79.7 Å². The SMILES string of the molecule is CN(C(=O)Cc1ccc(Cl)c(Cl)c1)C1c2cc(S(=O)(=O)NCC(=O)O)ccc2CCC1N1CCCC1. The predicted octanol–water partition coefficient (Wildman–Crippen LogP) is 3.51. The van der Waals surface area contributed by atoms with Crippen molar-refractivity contribution in [3.63, 3.8) is 0 Å². The zero-order chi connectivity index (χ0) is 26.0. The summed E-state index contributed by atoms with van der Waals surface area (Å²) < 4.78 is 27.7. The minimum atomic E-state index is -4.03. The topological polar surface area (TPSA) is 107 Å². The molecule has 194 valence electrons. The van der Waals surface area contributed by atoms with Crippen molar-refractivity contribution in [2.24, 2.45) is 0 Å². The lowest BCUT2D eigenvalue weighted by atomic mass is 9.82. The second-order valence-electron chi connectivity index (χ2n) is 9.30. The van der Waals surface area contributed by atoms with Gasteiger partial charge in [-0.2, -0.15) is 4.72 Å². The van der Waals surface area contributed by atoms with Gasteiger partial charge in [0.05, 0.1) is 27.4 Å². The predicted molar refractivity (Wildman–Crippen MR) is 138 cm³/mol. The average molecular weight is 554 g/mol. The Morgan fingerprint density at radius 1 is 1.11 bits per heavy atom. The zero-order valence-electron chi connectivity index (χ0n) is 19.9. The Balaban J connectivity index is 1.68. The number of hydrogen-bond donors (Lipinski definition) is 2. The third-order valence-electron chi connectivity index (χ3n) is 6.99. The molecule has 1 saturated heterocycles. The number of carboxylic acids is 1. The molecule has 2 aliphatic rings. The first-order valence-electron chi connectivity index (χ1n) is 11.8. The van der Waals surface area contributed by atoms with Crippen LogP contribution in [0.5, 0.6) is 0 Å². The largest absolute Gasteiger partial charge is 0.480 e. The molecule has 1 aliphatic carbocycles. The van der Waals surface area contributed by atoms with Gasteiger partial charge in [0.1, 0.15) is 6.54 Å². The molecular weight excluding hydrogens is 525 g/mol. The summed E-state index contributed by atoms with van der Waals surface area (Å²) in [6.45, 7) is 1.16. The van der Waals surface area contributed by atoms with Crippen molar-refractivity contribution in [2.45, 2.75) is 49.1 Å². The number of carbonyl (C=O) groups excluding carboxylic acids is 1. The third kappa shape index (κ3) is 5.86. The van der Waals surface area contributed by atoms with Gasteiger partial charge in [0, 0.05) is 13.1 Å². The third-order valence-corrected chi connectivity index (χ3v) is 9.13. The van der Waals surface area contributed by atoms with Gasteiger partial charge < -0.3 is 10.0 Å². The number of amides is 1. The Morgan fingerprint density at radius 3 is 2.50 bits per heavy atom. The van der Waals surface area contributed by atoms with Crippen molar-refractivity contribution in [1.82, 2.24) is 14.5 Å². The number of fused-ring (bicyclic) bond motifs is 1. The molecule has 0 spiro atoms. The van der Waals surface area contributed by atoms with Gasteiger partial charge in [0.2, 0.25) is 15.9 Å². The Labute approximate surface area is 221 Å². The summed E-state index contributed by atoms with van der Waals surface area (Å²) in [5.41, 5.74) is 2.51. The summed E-state index contributed by atoms with van der Waals surface area (Å²) in [4.78, 5) is 28.5. The highest BCUT2D eigenvalue weighted by molar-refractivity contribution is 7.89. The lowest BCUT2D eigenvalue weighted by Gasteiger charge is -2.43. The minimum absolute atomic E-state index is 0.0140. The molecule has 0 radical (unpaired) electrons. The van der Waals surface area contributed by atoms with Crippen molar-refractivity contribution < 1.29 is 23.1 Å². The molecule has 0 bridgehead atoms. The van der Waals surface area contributed by atoms with Gasteiger partial charge in [-0.1, -0.05) is 35.3 Å². The number of hydrogen-bond acceptors (Lipinski definition) is 5. The normalized spacial score (nSPS) is 20.2. The van der Waals surface area contributed by atoms with Gasteiger partial charge in [-0.25, -0.2) is 8.42 Å². The number of carboxylic acid groups (broad SMARTS) is 1. The van der Waals surface area contributed by atoms with Crippen LogP contribution in [0.25, 0.3) is 0 Å². The molecule has 11 heteroatoms. The smallest absolute Gasteiger partial charge is 0.318 e. The first kappa shape index (κ1) is 26.9. The van der Waals surface area contributed by atoms with E-state index in [0.29, 0.717) is 10.0 Å². The quantitative estimate of drug-likeness (QED) is 0.518. The first-order chi connectivity index (χ1) is 17.1. The highest BCUT2D eigenvalue weighted by Crippen LogP contribution is 2.39. The van der Waals surface area contributed by atoms with E-state index in [1.54, 1.807) is 42.3 Å². The molecule has 1 aliphatic heterocycles. The summed E-state index contributed by atoms with van der Waals surface area (Å²) in [5, 5.41) is 9.71. The van der Waals surface area contributed by atoms with Gasteiger partial charge in [0.15, 0.2) is 0 Å². The van der Waals surface area contributed by atoms with Gasteiger partial charge in [0.25, 0.3) is 0 Å². The van der Waals surface area contributed by atoms with Gasteiger partial charge in [-0.3, -0.25) is 14.5 Å². The standard InChI is InChI=1S/C25H29Cl2N3O5S/c1-29(23(31)13-16-4-8-20(26)21(27)12-16)25-19-14-18(36(34,35)28-15-24(32)33)7-5-17(19)6-9-22(25)30-10-2-3-11-30/h4-5,7-8,12,14,22,25,28H,2-3,6,9-11,13,15H2,1H3,(H,32,33). The summed E-state index contributed by atoms with van der Waals surface area (Å²) in [7, 11) is -2.27. The zero-order valence-corrected chi connectivity index (χ0v) is 22.2. The summed E-state index contributed by atoms with van der Waals surface area (Å²) >= 11 is 12.2. The van der Waals surface area contributed by atoms with E-state index < -0.39 is 22.5 Å². The fourth-order valence-electron chi connectivity index (χ4n) is 5.18. The number of aryl methyl sites for hydroxylation is 1. The number of likely N-dealkylation sites (tertiary alicyclic amines) is 1. The molecule has 8 nitrogen and oxygen atoms in total. The second-order valence-corrected chi connectivity index (χ2v) is 11.9. The molecule has 2 atom stereocenters. The van der Waals surface area contributed by atoms with Crippen molar-refractivity contribution in [3.05, 3.63) is 63.1 Å². The Hall–Kier alpha value is -2.17. The fourth-order valence-corrected chi connectivity index (χ4v) is 6.51. The Morgan fingerprint density at radius 2 is 1.83 bits per heavy atom. The highest BCUT2D eigenvalue weighted by atomic mass is 35.5. The van der Waals surface area contributed by atoms with Crippen molar-refractivity contribution in [3.8, 4) is 0 Å². The van der Waals surface area contributed by atoms with Crippen LogP contribution in [0.3, 0.4) is 0 Å². The number of halogens is 2. The van der Waals surface area contributed by atoms with E-state index in [0.717, 1.165) is 55.5 Å². The van der Waals surface area contributed by atoms with Crippen LogP contribution in [0.2, 0.25) is 10.0 Å². The molecule has 36 heavy (non-hydrogen) atoms. The van der Waals surface area contributed by atoms with Crippen LogP contribution in [0.1, 0.15) is 42.0 Å². The van der Waals surface area contributed by atoms with Crippen LogP contribution >= 0.6 is 23.2 Å². The highest BCUT2D eigenvalue weighted by Gasteiger charge is 2.39. The van der Waals surface area contributed by atoms with Crippen LogP contribution < -0.4 is 4.72 Å². The fraction of sp³-hybridized carbons (Fsp3) is 0.440. The number of nitrogens with one attached hydrogen (secondary N) is 1. The van der Waals surface area contributed by atoms with E-state index in [1.165, 1.54) is 6.07 Å². The number of benzene rings is 2. The second kappa shape index (κ2) is 11.1. The molecule has 0 aromatic heterocycles. The summed E-state index contributed by atoms with van der Waals surface area (Å²) in [6, 6.07) is 9.67. The van der Waals surface area contributed by atoms with E-state index >= 15 is 0 Å². The van der Waals surface area contributed by atoms with Gasteiger partial charge >= 0.3 is 5.97 Å². The lowest BCUT2D eigenvalue weighted by Crippen LogP contribution is -2.48. The van der Waals surface area contributed by atoms with Crippen LogP contribution in [-0.2, 0) is 32.5 Å². The molecule has 1 amide bonds. The molecule has 2 unspecified atom stereocenters. The maximum atomic E-state index is 13.5. The van der Waals surface area contributed by atoms with E-state index in [-0.39, 0.29) is 29.3 Å². The Bertz CT molecular complexity index is 1260. The first-order valence-corrected chi connectivity index (χ1v) is 14.1. The molecule has 0 saturated carbocycles. The van der Waals surface area contributed by atoms with Crippen LogP contribution in [0.4, 0.5) is 0 Å². The Kier molecular flexibility index (Phi) is 8.26. The van der Waals surface area contributed by atoms with Crippen LogP contribution in [-0.4, -0.2) is 67.9 Å². The minimum Gasteiger partial charge on any atom is -0.480 e. The number of aliphatic carboxylic acids is 1. The molecule has 1 fully saturated rings.